The molecule has 0 aromatic carbocycles. The van der Waals surface area contributed by atoms with Crippen molar-refractivity contribution in [1.29, 1.82) is 0 Å². The Morgan fingerprint density at radius 1 is 0.964 bits per heavy atom. The van der Waals surface area contributed by atoms with Crippen LogP contribution in [0.25, 0.3) is 0 Å². The number of nitrogens with one attached hydrogen (secondary N) is 1. The summed E-state index contributed by atoms with van der Waals surface area (Å²) in [6.07, 6.45) is 1.64. The van der Waals surface area contributed by atoms with E-state index in [0.717, 1.165) is 12.7 Å². The molecular formula is C22H45NO4Si. The lowest BCUT2D eigenvalue weighted by molar-refractivity contribution is -0.110. The van der Waals surface area contributed by atoms with Crippen molar-refractivity contribution < 1.29 is 18.8 Å². The van der Waals surface area contributed by atoms with E-state index in [0.29, 0.717) is 29.7 Å². The lowest BCUT2D eigenvalue weighted by atomic mass is 9.83. The fourth-order valence-corrected chi connectivity index (χ4v) is 9.75. The van der Waals surface area contributed by atoms with Crippen molar-refractivity contribution in [2.45, 2.75) is 117 Å². The fourth-order valence-electron chi connectivity index (χ4n) is 4.29. The minimum Gasteiger partial charge on any atom is -0.444 e. The summed E-state index contributed by atoms with van der Waals surface area (Å²) in [5.41, 5.74) is 0.928. The smallest absolute Gasteiger partial charge is 0.408 e. The van der Waals surface area contributed by atoms with Crippen LogP contribution in [-0.2, 0) is 14.0 Å². The van der Waals surface area contributed by atoms with Gasteiger partial charge in [0.15, 0.2) is 8.32 Å². The Hall–Kier alpha value is -0.883. The van der Waals surface area contributed by atoms with Crippen LogP contribution in [0, 0.1) is 5.41 Å². The van der Waals surface area contributed by atoms with Gasteiger partial charge in [-0.05, 0) is 55.7 Å². The quantitative estimate of drug-likeness (QED) is 0.328. The molecule has 0 aliphatic rings. The summed E-state index contributed by atoms with van der Waals surface area (Å²) in [4.78, 5) is 23.5. The van der Waals surface area contributed by atoms with Crippen molar-refractivity contribution in [3.63, 3.8) is 0 Å². The fraction of sp³-hybridized carbons (Fsp3) is 0.909. The Labute approximate surface area is 174 Å². The van der Waals surface area contributed by atoms with Crippen LogP contribution < -0.4 is 5.32 Å². The van der Waals surface area contributed by atoms with Gasteiger partial charge in [-0.15, -0.1) is 0 Å². The van der Waals surface area contributed by atoms with Crippen molar-refractivity contribution in [3.05, 3.63) is 0 Å². The number of hydrogen-bond donors (Lipinski definition) is 1. The number of hydrogen-bond acceptors (Lipinski definition) is 4. The molecule has 1 N–H and O–H groups in total. The topological polar surface area (TPSA) is 64.6 Å². The van der Waals surface area contributed by atoms with Gasteiger partial charge >= 0.3 is 6.09 Å². The summed E-state index contributed by atoms with van der Waals surface area (Å²) in [6.45, 7) is 24.0. The average Bonchev–Trinajstić information content (AvgIpc) is 2.47. The molecule has 0 aliphatic carbocycles. The third-order valence-electron chi connectivity index (χ3n) is 5.48. The zero-order valence-electron chi connectivity index (χ0n) is 20.1. The minimum atomic E-state index is -1.89. The second-order valence-electron chi connectivity index (χ2n) is 10.7. The van der Waals surface area contributed by atoms with Gasteiger partial charge in [0.25, 0.3) is 0 Å². The summed E-state index contributed by atoms with van der Waals surface area (Å²) in [5.74, 6) is 0. The number of carbonyl (C=O) groups excluding carboxylic acids is 2. The molecule has 0 bridgehead atoms. The number of alkyl carbamates (subject to hydrolysis) is 1. The molecule has 0 saturated heterocycles. The first-order valence-corrected chi connectivity index (χ1v) is 12.8. The van der Waals surface area contributed by atoms with Gasteiger partial charge in [0.2, 0.25) is 0 Å². The largest absolute Gasteiger partial charge is 0.444 e. The van der Waals surface area contributed by atoms with E-state index >= 15 is 0 Å². The number of aldehydes is 1. The zero-order chi connectivity index (χ0) is 22.3. The predicted octanol–water partition coefficient (Wildman–Crippen LogP) is 6.08. The standard InChI is InChI=1S/C22H45NO4Si/c1-16(2)28(17(3)4,18(5)6)26-13-12-22(10,11)14-19(15-24)23-20(25)27-21(7,8)9/h15-19H,12-14H2,1-11H3,(H,23,25). The Balaban J connectivity index is 4.90. The highest BCUT2D eigenvalue weighted by Crippen LogP contribution is 2.42. The first-order valence-electron chi connectivity index (χ1n) is 10.7. The maximum Gasteiger partial charge on any atom is 0.408 e. The van der Waals surface area contributed by atoms with Crippen LogP contribution in [0.4, 0.5) is 4.79 Å². The van der Waals surface area contributed by atoms with E-state index in [9.17, 15) is 9.59 Å². The molecular weight excluding hydrogens is 370 g/mol. The second kappa shape index (κ2) is 10.8. The molecule has 5 nitrogen and oxygen atoms in total. The Morgan fingerprint density at radius 3 is 1.79 bits per heavy atom. The van der Waals surface area contributed by atoms with Gasteiger partial charge in [-0.3, -0.25) is 0 Å². The van der Waals surface area contributed by atoms with Crippen molar-refractivity contribution in [3.8, 4) is 0 Å². The highest BCUT2D eigenvalue weighted by Gasteiger charge is 2.45. The monoisotopic (exact) mass is 415 g/mol. The van der Waals surface area contributed by atoms with E-state index in [1.807, 2.05) is 0 Å². The van der Waals surface area contributed by atoms with Crippen molar-refractivity contribution in [1.82, 2.24) is 5.32 Å². The Morgan fingerprint density at radius 2 is 1.43 bits per heavy atom. The van der Waals surface area contributed by atoms with Gasteiger partial charge in [-0.1, -0.05) is 55.4 Å². The third kappa shape index (κ3) is 8.64. The van der Waals surface area contributed by atoms with Crippen LogP contribution in [0.1, 0.15) is 89.0 Å². The molecule has 0 rings (SSSR count). The van der Waals surface area contributed by atoms with E-state index in [2.05, 4.69) is 60.7 Å². The molecule has 1 atom stereocenters. The summed E-state index contributed by atoms with van der Waals surface area (Å²) in [5, 5.41) is 2.68. The van der Waals surface area contributed by atoms with Gasteiger partial charge in [0.1, 0.15) is 11.9 Å². The van der Waals surface area contributed by atoms with Crippen molar-refractivity contribution >= 4 is 20.7 Å². The first-order chi connectivity index (χ1) is 12.6. The van der Waals surface area contributed by atoms with E-state index in [4.69, 9.17) is 9.16 Å². The van der Waals surface area contributed by atoms with E-state index in [1.54, 1.807) is 20.8 Å². The molecule has 166 valence electrons. The molecule has 0 aliphatic heterocycles. The van der Waals surface area contributed by atoms with Crippen LogP contribution in [0.2, 0.25) is 16.6 Å². The molecule has 0 aromatic heterocycles. The lowest BCUT2D eigenvalue weighted by Crippen LogP contribution is -2.48. The van der Waals surface area contributed by atoms with Crippen molar-refractivity contribution in [2.24, 2.45) is 5.41 Å². The Kier molecular flexibility index (Phi) is 10.4. The normalized spacial score (nSPS) is 14.5. The van der Waals surface area contributed by atoms with Gasteiger partial charge in [0.05, 0.1) is 6.04 Å². The van der Waals surface area contributed by atoms with Crippen LogP contribution in [0.5, 0.6) is 0 Å². The highest BCUT2D eigenvalue weighted by atomic mass is 28.4. The maximum atomic E-state index is 12.0. The summed E-state index contributed by atoms with van der Waals surface area (Å²) in [6, 6.07) is -0.563. The van der Waals surface area contributed by atoms with Gasteiger partial charge in [-0.2, -0.15) is 0 Å². The van der Waals surface area contributed by atoms with Crippen LogP contribution in [-0.4, -0.2) is 38.9 Å². The molecule has 0 radical (unpaired) electrons. The zero-order valence-corrected chi connectivity index (χ0v) is 21.1. The van der Waals surface area contributed by atoms with E-state index < -0.39 is 26.1 Å². The first kappa shape index (κ1) is 27.1. The lowest BCUT2D eigenvalue weighted by Gasteiger charge is -2.43. The molecule has 0 saturated carbocycles. The number of rotatable bonds is 11. The number of carbonyl (C=O) groups is 2. The summed E-state index contributed by atoms with van der Waals surface area (Å²) in [7, 11) is -1.89. The second-order valence-corrected chi connectivity index (χ2v) is 16.1. The van der Waals surface area contributed by atoms with Crippen LogP contribution in [0.15, 0.2) is 0 Å². The van der Waals surface area contributed by atoms with Gasteiger partial charge in [-0.25, -0.2) is 4.79 Å². The van der Waals surface area contributed by atoms with E-state index in [-0.39, 0.29) is 5.41 Å². The predicted molar refractivity (Wildman–Crippen MR) is 119 cm³/mol. The van der Waals surface area contributed by atoms with Crippen LogP contribution in [0.3, 0.4) is 0 Å². The molecule has 0 fully saturated rings. The van der Waals surface area contributed by atoms with Crippen LogP contribution >= 0.6 is 0 Å². The molecule has 6 heteroatoms. The number of amides is 1. The van der Waals surface area contributed by atoms with Gasteiger partial charge < -0.3 is 19.3 Å². The third-order valence-corrected chi connectivity index (χ3v) is 11.6. The molecule has 28 heavy (non-hydrogen) atoms. The molecule has 0 heterocycles. The van der Waals surface area contributed by atoms with Crippen molar-refractivity contribution in [2.75, 3.05) is 6.61 Å². The summed E-state index contributed by atoms with van der Waals surface area (Å²) < 4.78 is 11.9. The summed E-state index contributed by atoms with van der Waals surface area (Å²) >= 11 is 0. The van der Waals surface area contributed by atoms with E-state index in [1.165, 1.54) is 0 Å². The molecule has 0 spiro atoms. The molecule has 1 unspecified atom stereocenters. The molecule has 1 amide bonds. The Bertz CT molecular complexity index is 473. The number of ether oxygens (including phenoxy) is 1. The average molecular weight is 416 g/mol. The SMILES string of the molecule is CC(C)[Si](OCCC(C)(C)CC(C=O)NC(=O)OC(C)(C)C)(C(C)C)C(C)C. The molecule has 0 aromatic rings. The van der Waals surface area contributed by atoms with Gasteiger partial charge in [0, 0.05) is 6.61 Å². The highest BCUT2D eigenvalue weighted by molar-refractivity contribution is 6.77. The maximum absolute atomic E-state index is 12.0. The minimum absolute atomic E-state index is 0.133.